The number of nitrogen functional groups attached to an aromatic ring is 1. The highest BCUT2D eigenvalue weighted by molar-refractivity contribution is 5.98. The van der Waals surface area contributed by atoms with Crippen LogP contribution in [0.2, 0.25) is 0 Å². The van der Waals surface area contributed by atoms with Gasteiger partial charge in [0.25, 0.3) is 0 Å². The van der Waals surface area contributed by atoms with Crippen molar-refractivity contribution in [2.24, 2.45) is 0 Å². The molecule has 35 heavy (non-hydrogen) atoms. The lowest BCUT2D eigenvalue weighted by Gasteiger charge is -2.32. The van der Waals surface area contributed by atoms with Gasteiger partial charge in [-0.25, -0.2) is 14.6 Å². The molecule has 5 rings (SSSR count). The van der Waals surface area contributed by atoms with Crippen molar-refractivity contribution in [1.82, 2.24) is 24.6 Å². The lowest BCUT2D eigenvalue weighted by molar-refractivity contribution is -0.131. The second-order valence-electron chi connectivity index (χ2n) is 8.58. The van der Waals surface area contributed by atoms with E-state index in [2.05, 4.69) is 9.97 Å². The molecule has 8 nitrogen and oxygen atoms in total. The third-order valence-electron chi connectivity index (χ3n) is 6.32. The molecule has 1 aliphatic rings. The number of nitrogens with zero attached hydrogens (tertiary/aromatic N) is 5. The SMILES string of the molecule is C/C=C/CC(=O)N1CCC(n2nc(-c3ccc(Oc4ccccc4)cc3)c3c(N)ncnc32)CC1. The van der Waals surface area contributed by atoms with E-state index in [0.717, 1.165) is 46.6 Å². The van der Waals surface area contributed by atoms with Crippen molar-refractivity contribution in [3.63, 3.8) is 0 Å². The molecule has 8 heteroatoms. The molecule has 0 saturated carbocycles. The normalized spacial score (nSPS) is 14.6. The van der Waals surface area contributed by atoms with Crippen LogP contribution in [0.25, 0.3) is 22.3 Å². The summed E-state index contributed by atoms with van der Waals surface area (Å²) in [6.45, 7) is 3.32. The quantitative estimate of drug-likeness (QED) is 0.400. The maximum atomic E-state index is 12.4. The van der Waals surface area contributed by atoms with Crippen LogP contribution in [0.4, 0.5) is 5.82 Å². The zero-order chi connectivity index (χ0) is 24.2. The number of likely N-dealkylation sites (tertiary alicyclic amines) is 1. The number of anilines is 1. The summed E-state index contributed by atoms with van der Waals surface area (Å²) in [5, 5.41) is 5.70. The second-order valence-corrected chi connectivity index (χ2v) is 8.58. The van der Waals surface area contributed by atoms with Crippen molar-refractivity contribution in [1.29, 1.82) is 0 Å². The van der Waals surface area contributed by atoms with Gasteiger partial charge in [0.2, 0.25) is 5.91 Å². The van der Waals surface area contributed by atoms with Crippen molar-refractivity contribution in [2.45, 2.75) is 32.2 Å². The number of amides is 1. The summed E-state index contributed by atoms with van der Waals surface area (Å²) in [6, 6.07) is 17.6. The number of rotatable bonds is 6. The molecule has 1 aliphatic heterocycles. The van der Waals surface area contributed by atoms with Gasteiger partial charge in [0.1, 0.15) is 29.3 Å². The number of piperidine rings is 1. The van der Waals surface area contributed by atoms with Gasteiger partial charge in [-0.05, 0) is 56.2 Å². The van der Waals surface area contributed by atoms with Crippen LogP contribution in [0.1, 0.15) is 32.2 Å². The summed E-state index contributed by atoms with van der Waals surface area (Å²) in [5.74, 6) is 2.09. The Morgan fingerprint density at radius 1 is 1.06 bits per heavy atom. The highest BCUT2D eigenvalue weighted by Crippen LogP contribution is 2.35. The zero-order valence-electron chi connectivity index (χ0n) is 19.7. The van der Waals surface area contributed by atoms with Gasteiger partial charge in [0.15, 0.2) is 5.65 Å². The molecule has 3 heterocycles. The molecule has 1 fully saturated rings. The van der Waals surface area contributed by atoms with Gasteiger partial charge in [-0.15, -0.1) is 0 Å². The van der Waals surface area contributed by atoms with E-state index in [4.69, 9.17) is 15.6 Å². The summed E-state index contributed by atoms with van der Waals surface area (Å²) in [6.07, 6.45) is 7.36. The van der Waals surface area contributed by atoms with Crippen molar-refractivity contribution in [2.75, 3.05) is 18.8 Å². The van der Waals surface area contributed by atoms with Gasteiger partial charge in [-0.1, -0.05) is 30.4 Å². The van der Waals surface area contributed by atoms with E-state index >= 15 is 0 Å². The van der Waals surface area contributed by atoms with Gasteiger partial charge in [0, 0.05) is 25.1 Å². The van der Waals surface area contributed by atoms with Gasteiger partial charge in [0.05, 0.1) is 11.4 Å². The Bertz CT molecular complexity index is 1340. The number of nitrogens with two attached hydrogens (primary N) is 1. The number of aromatic nitrogens is 4. The fourth-order valence-electron chi connectivity index (χ4n) is 4.47. The number of ether oxygens (including phenoxy) is 1. The monoisotopic (exact) mass is 468 g/mol. The Balaban J connectivity index is 1.40. The van der Waals surface area contributed by atoms with E-state index in [-0.39, 0.29) is 11.9 Å². The average Bonchev–Trinajstić information content (AvgIpc) is 3.29. The number of hydrogen-bond donors (Lipinski definition) is 1. The molecule has 0 aliphatic carbocycles. The van der Waals surface area contributed by atoms with Crippen LogP contribution in [0.15, 0.2) is 73.1 Å². The highest BCUT2D eigenvalue weighted by atomic mass is 16.5. The van der Waals surface area contributed by atoms with Crippen molar-refractivity contribution in [3.8, 4) is 22.8 Å². The maximum Gasteiger partial charge on any atom is 0.226 e. The zero-order valence-corrected chi connectivity index (χ0v) is 19.7. The van der Waals surface area contributed by atoms with Crippen LogP contribution in [-0.2, 0) is 4.79 Å². The first-order valence-corrected chi connectivity index (χ1v) is 11.8. The van der Waals surface area contributed by atoms with Crippen molar-refractivity contribution < 1.29 is 9.53 Å². The van der Waals surface area contributed by atoms with E-state index in [0.29, 0.717) is 25.3 Å². The molecule has 178 valence electrons. The Morgan fingerprint density at radius 3 is 2.49 bits per heavy atom. The van der Waals surface area contributed by atoms with Crippen LogP contribution in [0.3, 0.4) is 0 Å². The number of para-hydroxylation sites is 1. The van der Waals surface area contributed by atoms with Crippen LogP contribution in [-0.4, -0.2) is 43.6 Å². The molecule has 2 aromatic carbocycles. The molecular weight excluding hydrogens is 440 g/mol. The smallest absolute Gasteiger partial charge is 0.226 e. The minimum absolute atomic E-state index is 0.131. The molecule has 0 spiro atoms. The summed E-state index contributed by atoms with van der Waals surface area (Å²) >= 11 is 0. The molecule has 0 bridgehead atoms. The van der Waals surface area contributed by atoms with Crippen LogP contribution >= 0.6 is 0 Å². The topological polar surface area (TPSA) is 99.2 Å². The number of carbonyl (C=O) groups excluding carboxylic acids is 1. The Kier molecular flexibility index (Phi) is 6.43. The Morgan fingerprint density at radius 2 is 1.77 bits per heavy atom. The third kappa shape index (κ3) is 4.73. The predicted molar refractivity (Wildman–Crippen MR) is 136 cm³/mol. The van der Waals surface area contributed by atoms with E-state index in [1.54, 1.807) is 0 Å². The lowest BCUT2D eigenvalue weighted by Crippen LogP contribution is -2.39. The van der Waals surface area contributed by atoms with E-state index < -0.39 is 0 Å². The first kappa shape index (κ1) is 22.6. The molecule has 0 radical (unpaired) electrons. The maximum absolute atomic E-state index is 12.4. The van der Waals surface area contributed by atoms with Gasteiger partial charge < -0.3 is 15.4 Å². The summed E-state index contributed by atoms with van der Waals surface area (Å²) in [4.78, 5) is 23.1. The van der Waals surface area contributed by atoms with Crippen LogP contribution in [0, 0.1) is 0 Å². The fraction of sp³-hybridized carbons (Fsp3) is 0.259. The molecule has 1 amide bonds. The Hall–Kier alpha value is -4.20. The van der Waals surface area contributed by atoms with E-state index in [1.807, 2.05) is 83.3 Å². The van der Waals surface area contributed by atoms with E-state index in [1.165, 1.54) is 6.33 Å². The molecular formula is C27H28N6O2. The standard InChI is InChI=1S/C27H28N6O2/c1-2-3-9-23(34)32-16-14-20(15-17-32)33-27-24(26(28)29-18-30-27)25(31-33)19-10-12-22(13-11-19)35-21-7-5-4-6-8-21/h2-8,10-13,18,20H,9,14-17H2,1H3,(H2,28,29,30)/b3-2+. The second kappa shape index (κ2) is 9.97. The van der Waals surface area contributed by atoms with E-state index in [9.17, 15) is 4.79 Å². The van der Waals surface area contributed by atoms with Gasteiger partial charge in [-0.3, -0.25) is 4.79 Å². The van der Waals surface area contributed by atoms with Gasteiger partial charge in [-0.2, -0.15) is 5.10 Å². The van der Waals surface area contributed by atoms with Crippen molar-refractivity contribution >= 4 is 22.8 Å². The third-order valence-corrected chi connectivity index (χ3v) is 6.32. The molecule has 0 atom stereocenters. The van der Waals surface area contributed by atoms with Crippen LogP contribution < -0.4 is 10.5 Å². The number of carbonyl (C=O) groups is 1. The predicted octanol–water partition coefficient (Wildman–Crippen LogP) is 5.00. The van der Waals surface area contributed by atoms with Gasteiger partial charge >= 0.3 is 0 Å². The molecule has 2 N–H and O–H groups in total. The van der Waals surface area contributed by atoms with Crippen LogP contribution in [0.5, 0.6) is 11.5 Å². The number of fused-ring (bicyclic) bond motifs is 1. The number of allylic oxidation sites excluding steroid dienone is 1. The summed E-state index contributed by atoms with van der Waals surface area (Å²) in [5.41, 5.74) is 8.67. The lowest BCUT2D eigenvalue weighted by atomic mass is 10.0. The largest absolute Gasteiger partial charge is 0.457 e. The number of hydrogen-bond acceptors (Lipinski definition) is 6. The fourth-order valence-corrected chi connectivity index (χ4v) is 4.47. The minimum atomic E-state index is 0.131. The summed E-state index contributed by atoms with van der Waals surface area (Å²) in [7, 11) is 0. The molecule has 2 aromatic heterocycles. The molecule has 1 saturated heterocycles. The average molecular weight is 469 g/mol. The minimum Gasteiger partial charge on any atom is -0.457 e. The first-order valence-electron chi connectivity index (χ1n) is 11.8. The number of benzene rings is 2. The van der Waals surface area contributed by atoms with Crippen molar-refractivity contribution in [3.05, 3.63) is 73.1 Å². The molecule has 4 aromatic rings. The Labute approximate surface area is 204 Å². The summed E-state index contributed by atoms with van der Waals surface area (Å²) < 4.78 is 7.89. The molecule has 0 unspecified atom stereocenters. The highest BCUT2D eigenvalue weighted by Gasteiger charge is 2.27. The first-order chi connectivity index (χ1) is 17.1.